The molecule has 0 aliphatic carbocycles. The van der Waals surface area contributed by atoms with Gasteiger partial charge in [-0.1, -0.05) is 18.2 Å². The minimum Gasteiger partial charge on any atom is -0.462 e. The summed E-state index contributed by atoms with van der Waals surface area (Å²) in [5.41, 5.74) is 0. The van der Waals surface area contributed by atoms with Crippen LogP contribution in [-0.2, 0) is 21.3 Å². The molecule has 0 aliphatic heterocycles. The van der Waals surface area contributed by atoms with E-state index >= 15 is 0 Å². The van der Waals surface area contributed by atoms with Crippen LogP contribution in [-0.4, -0.2) is 35.0 Å². The van der Waals surface area contributed by atoms with Gasteiger partial charge in [0, 0.05) is 0 Å². The van der Waals surface area contributed by atoms with Gasteiger partial charge in [-0.3, -0.25) is 4.79 Å². The van der Waals surface area contributed by atoms with E-state index in [0.717, 1.165) is 5.75 Å². The lowest BCUT2D eigenvalue weighted by atomic mass is 10.2. The van der Waals surface area contributed by atoms with Crippen LogP contribution in [0.4, 0.5) is 0 Å². The third kappa shape index (κ3) is 7.61. The van der Waals surface area contributed by atoms with Gasteiger partial charge in [-0.2, -0.15) is 11.8 Å². The van der Waals surface area contributed by atoms with Gasteiger partial charge in [0.2, 0.25) is 0 Å². The fourth-order valence-corrected chi connectivity index (χ4v) is 3.83. The zero-order valence-electron chi connectivity index (χ0n) is 12.9. The third-order valence-electron chi connectivity index (χ3n) is 2.54. The van der Waals surface area contributed by atoms with Gasteiger partial charge >= 0.3 is 12.6 Å². The zero-order chi connectivity index (χ0) is 16.6. The first-order valence-electron chi connectivity index (χ1n) is 6.88. The molecule has 22 heavy (non-hydrogen) atoms. The van der Waals surface area contributed by atoms with Crippen molar-refractivity contribution in [3.05, 3.63) is 30.3 Å². The average molecular weight is 363 g/mol. The summed E-state index contributed by atoms with van der Waals surface area (Å²) in [6.45, 7) is 0.219. The first kappa shape index (κ1) is 19.5. The van der Waals surface area contributed by atoms with E-state index in [0.29, 0.717) is 12.2 Å². The topological polar surface area (TPSA) is 67.8 Å². The maximum absolute atomic E-state index is 12.1. The number of thioether (sulfide) groups is 1. The number of carbonyl (C=O) groups excluding carboxylic acids is 1. The first-order valence-corrected chi connectivity index (χ1v) is 11.0. The van der Waals surface area contributed by atoms with Crippen LogP contribution in [0.1, 0.15) is 20.3 Å². The van der Waals surface area contributed by atoms with Crippen molar-refractivity contribution in [3.63, 3.8) is 0 Å². The van der Waals surface area contributed by atoms with Crippen molar-refractivity contribution >= 4 is 36.2 Å². The van der Waals surface area contributed by atoms with Crippen molar-refractivity contribution in [2.75, 3.05) is 12.0 Å². The predicted molar refractivity (Wildman–Crippen MR) is 94.7 cm³/mol. The molecule has 0 saturated carbocycles. The monoisotopic (exact) mass is 363 g/mol. The highest BCUT2D eigenvalue weighted by molar-refractivity contribution is 8.08. The summed E-state index contributed by atoms with van der Waals surface area (Å²) in [7, 11) is 0. The number of ether oxygens (including phenoxy) is 1. The maximum Gasteiger partial charge on any atom is 0.323 e. The Kier molecular flexibility index (Phi) is 8.43. The van der Waals surface area contributed by atoms with Crippen LogP contribution in [0.3, 0.4) is 0 Å². The summed E-state index contributed by atoms with van der Waals surface area (Å²) in [4.78, 5) is 22.4. The van der Waals surface area contributed by atoms with Crippen molar-refractivity contribution in [3.8, 4) is 5.75 Å². The number of carbonyl (C=O) groups is 1. The molecule has 0 saturated heterocycles. The predicted octanol–water partition coefficient (Wildman–Crippen LogP) is 2.95. The molecular weight excluding hydrogens is 341 g/mol. The highest BCUT2D eigenvalue weighted by Gasteiger charge is 2.28. The molecule has 0 bridgehead atoms. The van der Waals surface area contributed by atoms with Gasteiger partial charge in [0.25, 0.3) is 0 Å². The molecule has 0 heterocycles. The van der Waals surface area contributed by atoms with E-state index in [1.807, 2.05) is 12.3 Å². The van der Waals surface area contributed by atoms with Gasteiger partial charge in [-0.05, 0) is 56.2 Å². The lowest BCUT2D eigenvalue weighted by molar-refractivity contribution is -0.149. The van der Waals surface area contributed by atoms with Gasteiger partial charge in [-0.25, -0.2) is 5.09 Å². The van der Waals surface area contributed by atoms with Crippen LogP contribution < -0.4 is 9.61 Å². The number of hydrogen-bond donors (Lipinski definition) is 2. The van der Waals surface area contributed by atoms with Crippen LogP contribution >= 0.6 is 18.4 Å². The van der Waals surface area contributed by atoms with Crippen LogP contribution in [0.15, 0.2) is 30.3 Å². The summed E-state index contributed by atoms with van der Waals surface area (Å²) >= 11 is 6.71. The summed E-state index contributed by atoms with van der Waals surface area (Å²) in [5.74, 6) is 0.775. The fourth-order valence-electron chi connectivity index (χ4n) is 1.63. The van der Waals surface area contributed by atoms with Gasteiger partial charge in [-0.15, -0.1) is 0 Å². The minimum atomic E-state index is -3.33. The van der Waals surface area contributed by atoms with Gasteiger partial charge in [0.1, 0.15) is 11.8 Å². The Morgan fingerprint density at radius 2 is 2.05 bits per heavy atom. The quantitative estimate of drug-likeness (QED) is 0.516. The number of para-hydroxylation sites is 1. The highest BCUT2D eigenvalue weighted by Crippen LogP contribution is 2.39. The second-order valence-electron chi connectivity index (χ2n) is 4.87. The number of nitrogens with one attached hydrogen (secondary N) is 1. The van der Waals surface area contributed by atoms with Crippen molar-refractivity contribution in [1.82, 2.24) is 5.09 Å². The van der Waals surface area contributed by atoms with Crippen molar-refractivity contribution in [1.29, 1.82) is 0 Å². The molecule has 1 rings (SSSR count). The second-order valence-corrected chi connectivity index (χ2v) is 8.83. The van der Waals surface area contributed by atoms with Crippen molar-refractivity contribution in [2.24, 2.45) is 0 Å². The Balaban J connectivity index is 2.73. The van der Waals surface area contributed by atoms with Crippen LogP contribution in [0.5, 0.6) is 5.75 Å². The number of hydrogen-bond acceptors (Lipinski definition) is 5. The minimum absolute atomic E-state index is 0.224. The van der Waals surface area contributed by atoms with E-state index < -0.39 is 18.7 Å². The molecule has 1 aromatic rings. The Morgan fingerprint density at radius 3 is 2.59 bits per heavy atom. The highest BCUT2D eigenvalue weighted by atomic mass is 32.5. The van der Waals surface area contributed by atoms with E-state index in [-0.39, 0.29) is 6.10 Å². The summed E-state index contributed by atoms with van der Waals surface area (Å²) in [6, 6.07) is 8.10. The Morgan fingerprint density at radius 1 is 1.41 bits per heavy atom. The Labute approximate surface area is 141 Å². The molecule has 0 fully saturated rings. The third-order valence-corrected chi connectivity index (χ3v) is 4.82. The molecule has 0 aliphatic rings. The van der Waals surface area contributed by atoms with Gasteiger partial charge in [0.05, 0.1) is 6.10 Å². The van der Waals surface area contributed by atoms with Crippen molar-refractivity contribution < 1.29 is 18.9 Å². The molecule has 0 amide bonds. The standard InChI is InChI=1S/C14H22NO4PS2/c1-11(2)18-14(16)13(9-10-22-3)15-20(17,21)19-12-7-5-4-6-8-12/h4-8,11,13H,9-10H2,1-3H3,(H2,15,17,21). The molecule has 0 aromatic heterocycles. The lowest BCUT2D eigenvalue weighted by Crippen LogP contribution is -2.38. The van der Waals surface area contributed by atoms with E-state index in [4.69, 9.17) is 21.1 Å². The van der Waals surface area contributed by atoms with E-state index in [1.165, 1.54) is 0 Å². The molecule has 2 N–H and O–H groups in total. The van der Waals surface area contributed by atoms with E-state index in [2.05, 4.69) is 5.09 Å². The molecule has 2 unspecified atom stereocenters. The second kappa shape index (κ2) is 9.53. The SMILES string of the molecule is CSCCC(NP(O)(=S)Oc1ccccc1)C(=O)OC(C)C. The fraction of sp³-hybridized carbons (Fsp3) is 0.500. The van der Waals surface area contributed by atoms with Gasteiger partial charge < -0.3 is 14.2 Å². The van der Waals surface area contributed by atoms with Crippen LogP contribution in [0, 0.1) is 0 Å². The molecule has 0 spiro atoms. The lowest BCUT2D eigenvalue weighted by Gasteiger charge is -2.24. The number of esters is 1. The van der Waals surface area contributed by atoms with Crippen LogP contribution in [0.2, 0.25) is 0 Å². The summed E-state index contributed by atoms with van der Waals surface area (Å²) in [5, 5.41) is 2.75. The smallest absolute Gasteiger partial charge is 0.323 e. The molecule has 124 valence electrons. The molecule has 5 nitrogen and oxygen atoms in total. The normalized spacial score (nSPS) is 15.1. The average Bonchev–Trinajstić information content (AvgIpc) is 2.43. The van der Waals surface area contributed by atoms with Crippen LogP contribution in [0.25, 0.3) is 0 Å². The summed E-state index contributed by atoms with van der Waals surface area (Å²) in [6.07, 6.45) is 2.22. The van der Waals surface area contributed by atoms with E-state index in [1.54, 1.807) is 49.9 Å². The zero-order valence-corrected chi connectivity index (χ0v) is 15.4. The molecule has 0 radical (unpaired) electrons. The number of benzene rings is 1. The Hall–Kier alpha value is -0.590. The largest absolute Gasteiger partial charge is 0.462 e. The van der Waals surface area contributed by atoms with Crippen molar-refractivity contribution in [2.45, 2.75) is 32.4 Å². The molecule has 2 atom stereocenters. The Bertz CT molecular complexity index is 513. The van der Waals surface area contributed by atoms with Gasteiger partial charge in [0.15, 0.2) is 0 Å². The number of rotatable bonds is 9. The summed E-state index contributed by atoms with van der Waals surface area (Å²) < 4.78 is 10.6. The first-order chi connectivity index (χ1) is 10.3. The maximum atomic E-state index is 12.1. The molecule has 1 aromatic carbocycles. The molecule has 8 heteroatoms. The molecular formula is C14H22NO4PS2. The van der Waals surface area contributed by atoms with E-state index in [9.17, 15) is 9.69 Å².